The molecule has 0 atom stereocenters. The molecule has 194 valence electrons. The minimum atomic E-state index is -2.59. The predicted molar refractivity (Wildman–Crippen MR) is 137 cm³/mol. The van der Waals surface area contributed by atoms with E-state index in [1.54, 1.807) is 42.7 Å². The van der Waals surface area contributed by atoms with Crippen molar-refractivity contribution >= 4 is 38.6 Å². The van der Waals surface area contributed by atoms with Gasteiger partial charge in [0.1, 0.15) is 21.0 Å². The van der Waals surface area contributed by atoms with Gasteiger partial charge in [0.15, 0.2) is 0 Å². The molecule has 0 rings (SSSR count). The van der Waals surface area contributed by atoms with Crippen molar-refractivity contribution in [1.29, 1.82) is 0 Å². The zero-order valence-electron chi connectivity index (χ0n) is 21.6. The Kier molecular flexibility index (Phi) is 20.0. The van der Waals surface area contributed by atoms with Crippen molar-refractivity contribution in [2.24, 2.45) is 0 Å². The van der Waals surface area contributed by atoms with E-state index in [0.717, 1.165) is 98.1 Å². The first-order valence-electron chi connectivity index (χ1n) is 11.2. The minimum absolute atomic E-state index is 0.765. The Morgan fingerprint density at radius 2 is 0.781 bits per heavy atom. The normalized spacial score (nSPS) is 13.1. The van der Waals surface area contributed by atoms with Crippen LogP contribution in [-0.4, -0.2) is 131 Å². The summed E-state index contributed by atoms with van der Waals surface area (Å²) < 4.78 is 44.4. The van der Waals surface area contributed by atoms with E-state index in [4.69, 9.17) is 35.4 Å². The average Bonchev–Trinajstić information content (AvgIpc) is 2.83. The highest BCUT2D eigenvalue weighted by Crippen LogP contribution is 2.19. The second-order valence-corrected chi connectivity index (χ2v) is 14.7. The molecule has 32 heavy (non-hydrogen) atoms. The third-order valence-corrected chi connectivity index (χ3v) is 12.1. The van der Waals surface area contributed by atoms with E-state index in [-0.39, 0.29) is 0 Å². The zero-order valence-corrected chi connectivity index (χ0v) is 27.6. The van der Waals surface area contributed by atoms with Gasteiger partial charge in [-0.25, -0.2) is 10.0 Å². The van der Waals surface area contributed by atoms with Crippen molar-refractivity contribution in [3.63, 3.8) is 0 Å². The first-order valence-corrected chi connectivity index (χ1v) is 16.7. The molecule has 0 amide bonds. The molecule has 0 spiro atoms. The molecule has 0 heterocycles. The van der Waals surface area contributed by atoms with Gasteiger partial charge in [0, 0.05) is 94.1 Å². The third kappa shape index (κ3) is 12.3. The average molecular weight is 533 g/mol. The lowest BCUT2D eigenvalue weighted by atomic mass is 10.3. The molecule has 0 aromatic carbocycles. The molecule has 0 aliphatic carbocycles. The highest BCUT2D eigenvalue weighted by molar-refractivity contribution is 6.60. The Labute approximate surface area is 203 Å². The molecule has 0 aromatic heterocycles. The van der Waals surface area contributed by atoms with Crippen LogP contribution in [0.4, 0.5) is 0 Å². The number of rotatable bonds is 23. The fourth-order valence-electron chi connectivity index (χ4n) is 3.64. The monoisotopic (exact) mass is 532 g/mol. The molecule has 10 nitrogen and oxygen atoms in total. The largest absolute Gasteiger partial charge is 0.500 e. The van der Waals surface area contributed by atoms with Crippen LogP contribution in [0.15, 0.2) is 0 Å². The van der Waals surface area contributed by atoms with E-state index < -0.39 is 17.6 Å². The lowest BCUT2D eigenvalue weighted by Gasteiger charge is -2.36. The summed E-state index contributed by atoms with van der Waals surface area (Å²) in [7, 11) is 6.34. The number of hydrazine groups is 1. The van der Waals surface area contributed by atoms with Crippen molar-refractivity contribution < 1.29 is 35.4 Å². The smallest absolute Gasteiger partial charge is 0.428 e. The molecule has 0 radical (unpaired) electrons. The second kappa shape index (κ2) is 19.7. The fourth-order valence-corrected chi connectivity index (χ4v) is 7.62. The predicted octanol–water partition coefficient (Wildman–Crippen LogP) is -0.584. The van der Waals surface area contributed by atoms with Crippen LogP contribution >= 0.6 is 0 Å². The molecule has 0 fully saturated rings. The van der Waals surface area contributed by atoms with Gasteiger partial charge in [-0.05, 0) is 25.7 Å². The Balaban J connectivity index is 5.22. The summed E-state index contributed by atoms with van der Waals surface area (Å²) >= 11 is 0. The summed E-state index contributed by atoms with van der Waals surface area (Å²) in [4.78, 5) is 0. The van der Waals surface area contributed by atoms with Crippen LogP contribution in [0.25, 0.3) is 0 Å². The summed E-state index contributed by atoms with van der Waals surface area (Å²) in [5.41, 5.74) is 0. The first-order chi connectivity index (χ1) is 15.5. The minimum Gasteiger partial charge on any atom is -0.428 e. The van der Waals surface area contributed by atoms with Crippen LogP contribution in [0.2, 0.25) is 12.1 Å². The fraction of sp³-hybridized carbons (Fsp3) is 1.00. The maximum absolute atomic E-state index is 5.60. The highest BCUT2D eigenvalue weighted by Gasteiger charge is 2.38. The molecule has 0 saturated carbocycles. The van der Waals surface area contributed by atoms with E-state index in [2.05, 4.69) is 10.0 Å². The van der Waals surface area contributed by atoms with Crippen molar-refractivity contribution in [2.75, 3.05) is 82.1 Å². The molecule has 0 saturated heterocycles. The third-order valence-electron chi connectivity index (χ3n) is 5.59. The van der Waals surface area contributed by atoms with Crippen LogP contribution in [0.5, 0.6) is 0 Å². The SMILES string of the molecule is CO[Si](CCCN(CCC[Si](OC)(OC)OC)N(CCCO[SiH3])CCCO[SiH3])(OC)OC. The van der Waals surface area contributed by atoms with Gasteiger partial charge in [-0.15, -0.1) is 0 Å². The van der Waals surface area contributed by atoms with Gasteiger partial charge in [-0.1, -0.05) is 0 Å². The lowest BCUT2D eigenvalue weighted by molar-refractivity contribution is -0.0328. The molecule has 0 N–H and O–H groups in total. The molecule has 0 aliphatic heterocycles. The van der Waals surface area contributed by atoms with E-state index in [1.165, 1.54) is 0 Å². The van der Waals surface area contributed by atoms with Crippen LogP contribution in [-0.2, 0) is 35.4 Å². The van der Waals surface area contributed by atoms with E-state index >= 15 is 0 Å². The van der Waals surface area contributed by atoms with Crippen LogP contribution in [0, 0.1) is 0 Å². The lowest BCUT2D eigenvalue weighted by Crippen LogP contribution is -2.48. The summed E-state index contributed by atoms with van der Waals surface area (Å²) in [5, 5.41) is 4.87. The second-order valence-electron chi connectivity index (χ2n) is 7.40. The van der Waals surface area contributed by atoms with Crippen LogP contribution < -0.4 is 0 Å². The highest BCUT2D eigenvalue weighted by atomic mass is 28.4. The van der Waals surface area contributed by atoms with Crippen molar-refractivity contribution in [2.45, 2.75) is 37.8 Å². The van der Waals surface area contributed by atoms with Gasteiger partial charge < -0.3 is 35.4 Å². The summed E-state index contributed by atoms with van der Waals surface area (Å²) in [6.07, 6.45) is 3.82. The van der Waals surface area contributed by atoms with Gasteiger partial charge in [0.25, 0.3) is 0 Å². The molecular formula is C18H48N2O8Si4. The number of hydrogen-bond donors (Lipinski definition) is 0. The summed E-state index contributed by atoms with van der Waals surface area (Å²) in [6, 6.07) is 1.53. The Morgan fingerprint density at radius 3 is 1.03 bits per heavy atom. The zero-order chi connectivity index (χ0) is 24.3. The summed E-state index contributed by atoms with van der Waals surface area (Å²) in [5.74, 6) is 0. The van der Waals surface area contributed by atoms with Gasteiger partial charge in [0.05, 0.1) is 0 Å². The van der Waals surface area contributed by atoms with E-state index in [9.17, 15) is 0 Å². The van der Waals surface area contributed by atoms with Gasteiger partial charge >= 0.3 is 17.6 Å². The Hall–Kier alpha value is 0.468. The van der Waals surface area contributed by atoms with E-state index in [0.29, 0.717) is 0 Å². The maximum atomic E-state index is 5.60. The molecule has 0 aromatic rings. The van der Waals surface area contributed by atoms with Gasteiger partial charge in [-0.2, -0.15) is 0 Å². The van der Waals surface area contributed by atoms with E-state index in [1.807, 2.05) is 0 Å². The number of nitrogens with zero attached hydrogens (tertiary/aromatic N) is 2. The van der Waals surface area contributed by atoms with Crippen molar-refractivity contribution in [3.8, 4) is 0 Å². The summed E-state index contributed by atoms with van der Waals surface area (Å²) in [6.45, 7) is 5.27. The molecule has 0 bridgehead atoms. The molecule has 0 unspecified atom stereocenters. The standard InChI is InChI=1S/C18H48N2O8Si4/c1-21-31(22-2,23-3)17-9-13-20(14-10-18-32(24-4,25-5)26-6)19(11-7-15-27-29)12-8-16-28-30/h7-18H2,1-6,29-30H3. The Morgan fingerprint density at radius 1 is 0.500 bits per heavy atom. The molecule has 0 aliphatic rings. The van der Waals surface area contributed by atoms with Gasteiger partial charge in [-0.3, -0.25) is 0 Å². The number of hydrogen-bond acceptors (Lipinski definition) is 10. The molecular weight excluding hydrogens is 485 g/mol. The molecule has 14 heteroatoms. The van der Waals surface area contributed by atoms with Crippen molar-refractivity contribution in [3.05, 3.63) is 0 Å². The van der Waals surface area contributed by atoms with Crippen LogP contribution in [0.1, 0.15) is 25.7 Å². The topological polar surface area (TPSA) is 80.3 Å². The van der Waals surface area contributed by atoms with Gasteiger partial charge in [0.2, 0.25) is 0 Å². The Bertz CT molecular complexity index is 385. The van der Waals surface area contributed by atoms with Crippen molar-refractivity contribution in [1.82, 2.24) is 10.0 Å². The quantitative estimate of drug-likeness (QED) is 0.0968. The van der Waals surface area contributed by atoms with Crippen LogP contribution in [0.3, 0.4) is 0 Å². The first kappa shape index (κ1) is 32.5. The maximum Gasteiger partial charge on any atom is 0.500 e.